The van der Waals surface area contributed by atoms with E-state index >= 15 is 0 Å². The average molecular weight is 407 g/mol. The lowest BCUT2D eigenvalue weighted by Gasteiger charge is -2.36. The quantitative estimate of drug-likeness (QED) is 0.714. The number of nitrogens with one attached hydrogen (secondary N) is 2. The molecule has 7 nitrogen and oxygen atoms in total. The van der Waals surface area contributed by atoms with Crippen molar-refractivity contribution in [3.8, 4) is 0 Å². The molecule has 2 N–H and O–H groups in total. The van der Waals surface area contributed by atoms with Gasteiger partial charge in [-0.25, -0.2) is 9.59 Å². The van der Waals surface area contributed by atoms with Crippen LogP contribution in [0.5, 0.6) is 0 Å². The Morgan fingerprint density at radius 2 is 1.79 bits per heavy atom. The normalized spacial score (nSPS) is 21.9. The molecule has 0 aliphatic heterocycles. The maximum Gasteiger partial charge on any atom is 0.407 e. The van der Waals surface area contributed by atoms with Crippen LogP contribution in [0.1, 0.15) is 52.0 Å². The first-order valence-corrected chi connectivity index (χ1v) is 10.2. The summed E-state index contributed by atoms with van der Waals surface area (Å²) in [5, 5.41) is 5.96. The fourth-order valence-electron chi connectivity index (χ4n) is 3.56. The highest BCUT2D eigenvalue weighted by atomic mass is 16.6. The Balaban J connectivity index is 1.85. The average Bonchev–Trinajstić information content (AvgIpc) is 2.65. The van der Waals surface area contributed by atoms with Gasteiger partial charge in [-0.1, -0.05) is 30.3 Å². The molecule has 0 saturated heterocycles. The van der Waals surface area contributed by atoms with Crippen molar-refractivity contribution in [2.75, 3.05) is 13.7 Å². The molecule has 1 aliphatic carbocycles. The van der Waals surface area contributed by atoms with E-state index < -0.39 is 17.8 Å². The number of rotatable bonds is 7. The Kier molecular flexibility index (Phi) is 8.76. The number of hydrogen-bond acceptors (Lipinski definition) is 5. The van der Waals surface area contributed by atoms with Gasteiger partial charge in [-0.05, 0) is 57.9 Å². The summed E-state index contributed by atoms with van der Waals surface area (Å²) in [7, 11) is 1.66. The predicted molar refractivity (Wildman–Crippen MR) is 111 cm³/mol. The van der Waals surface area contributed by atoms with Gasteiger partial charge >= 0.3 is 12.2 Å². The van der Waals surface area contributed by atoms with E-state index in [4.69, 9.17) is 14.2 Å². The standard InChI is InChI=1S/C22H34N2O5/c1-22(2,3)29-21(26)23-18-10-11-19(17(14-18)12-13-27-4)24-20(25)28-15-16-8-6-5-7-9-16/h5-9,17-19H,10-15H2,1-4H3,(H,23,26)(H,24,25). The molecule has 1 aromatic carbocycles. The summed E-state index contributed by atoms with van der Waals surface area (Å²) in [6.45, 7) is 6.37. The van der Waals surface area contributed by atoms with Gasteiger partial charge in [-0.15, -0.1) is 0 Å². The smallest absolute Gasteiger partial charge is 0.407 e. The maximum atomic E-state index is 12.3. The monoisotopic (exact) mass is 406 g/mol. The van der Waals surface area contributed by atoms with Crippen LogP contribution in [-0.2, 0) is 20.8 Å². The van der Waals surface area contributed by atoms with Gasteiger partial charge < -0.3 is 24.8 Å². The fourth-order valence-corrected chi connectivity index (χ4v) is 3.56. The van der Waals surface area contributed by atoms with E-state index in [0.29, 0.717) is 6.61 Å². The van der Waals surface area contributed by atoms with Gasteiger partial charge in [0.1, 0.15) is 12.2 Å². The Morgan fingerprint density at radius 3 is 2.45 bits per heavy atom. The van der Waals surface area contributed by atoms with Crippen molar-refractivity contribution in [2.24, 2.45) is 5.92 Å². The highest BCUT2D eigenvalue weighted by molar-refractivity contribution is 5.68. The van der Waals surface area contributed by atoms with Crippen molar-refractivity contribution in [3.05, 3.63) is 35.9 Å². The van der Waals surface area contributed by atoms with Crippen LogP contribution < -0.4 is 10.6 Å². The minimum atomic E-state index is -0.527. The molecule has 0 bridgehead atoms. The molecule has 3 atom stereocenters. The van der Waals surface area contributed by atoms with Gasteiger partial charge in [0.05, 0.1) is 0 Å². The van der Waals surface area contributed by atoms with Crippen molar-refractivity contribution in [2.45, 2.75) is 70.7 Å². The van der Waals surface area contributed by atoms with E-state index in [1.54, 1.807) is 7.11 Å². The Morgan fingerprint density at radius 1 is 1.07 bits per heavy atom. The van der Waals surface area contributed by atoms with Crippen LogP contribution in [0.25, 0.3) is 0 Å². The van der Waals surface area contributed by atoms with Crippen LogP contribution in [0, 0.1) is 5.92 Å². The van der Waals surface area contributed by atoms with Crippen LogP contribution in [0.3, 0.4) is 0 Å². The summed E-state index contributed by atoms with van der Waals surface area (Å²) < 4.78 is 15.9. The largest absolute Gasteiger partial charge is 0.445 e. The molecular weight excluding hydrogens is 372 g/mol. The third-order valence-corrected chi connectivity index (χ3v) is 4.91. The Bertz CT molecular complexity index is 644. The van der Waals surface area contributed by atoms with Crippen LogP contribution in [0.15, 0.2) is 30.3 Å². The summed E-state index contributed by atoms with van der Waals surface area (Å²) >= 11 is 0. The molecule has 0 heterocycles. The first-order valence-electron chi connectivity index (χ1n) is 10.2. The lowest BCUT2D eigenvalue weighted by Crippen LogP contribution is -2.49. The lowest BCUT2D eigenvalue weighted by molar-refractivity contribution is 0.0466. The highest BCUT2D eigenvalue weighted by Gasteiger charge is 2.33. The van der Waals surface area contributed by atoms with Gasteiger partial charge in [-0.2, -0.15) is 0 Å². The van der Waals surface area contributed by atoms with Crippen molar-refractivity contribution in [3.63, 3.8) is 0 Å². The fraction of sp³-hybridized carbons (Fsp3) is 0.636. The SMILES string of the molecule is COCCC1CC(NC(=O)OC(C)(C)C)CCC1NC(=O)OCc1ccccc1. The second-order valence-electron chi connectivity index (χ2n) is 8.51. The molecule has 2 rings (SSSR count). The topological polar surface area (TPSA) is 85.9 Å². The van der Waals surface area contributed by atoms with E-state index in [0.717, 1.165) is 31.2 Å². The third-order valence-electron chi connectivity index (χ3n) is 4.91. The first-order chi connectivity index (χ1) is 13.8. The lowest BCUT2D eigenvalue weighted by atomic mass is 9.80. The third kappa shape index (κ3) is 8.73. The minimum Gasteiger partial charge on any atom is -0.445 e. The van der Waals surface area contributed by atoms with Crippen molar-refractivity contribution >= 4 is 12.2 Å². The molecule has 1 aliphatic rings. The summed E-state index contributed by atoms with van der Waals surface area (Å²) in [4.78, 5) is 24.3. The van der Waals surface area contributed by atoms with Crippen LogP contribution in [-0.4, -0.2) is 43.6 Å². The van der Waals surface area contributed by atoms with Crippen molar-refractivity contribution < 1.29 is 23.8 Å². The van der Waals surface area contributed by atoms with Crippen molar-refractivity contribution in [1.82, 2.24) is 10.6 Å². The molecular formula is C22H34N2O5. The van der Waals surface area contributed by atoms with Crippen LogP contribution in [0.4, 0.5) is 9.59 Å². The van der Waals surface area contributed by atoms with E-state index in [1.165, 1.54) is 0 Å². The number of amides is 2. The van der Waals surface area contributed by atoms with Gasteiger partial charge in [0.15, 0.2) is 0 Å². The van der Waals surface area contributed by atoms with Crippen molar-refractivity contribution in [1.29, 1.82) is 0 Å². The zero-order chi connectivity index (χ0) is 21.3. The molecule has 29 heavy (non-hydrogen) atoms. The van der Waals surface area contributed by atoms with Gasteiger partial charge in [0.2, 0.25) is 0 Å². The number of ether oxygens (including phenoxy) is 3. The first kappa shape index (κ1) is 23.0. The molecule has 3 unspecified atom stereocenters. The van der Waals surface area contributed by atoms with Gasteiger partial charge in [0, 0.05) is 25.8 Å². The van der Waals surface area contributed by atoms with E-state index in [1.807, 2.05) is 51.1 Å². The maximum absolute atomic E-state index is 12.3. The summed E-state index contributed by atoms with van der Waals surface area (Å²) in [5.74, 6) is 0.188. The zero-order valence-corrected chi connectivity index (χ0v) is 17.9. The van der Waals surface area contributed by atoms with E-state index in [2.05, 4.69) is 10.6 Å². The summed E-state index contributed by atoms with van der Waals surface area (Å²) in [5.41, 5.74) is 0.421. The molecule has 0 spiro atoms. The second-order valence-corrected chi connectivity index (χ2v) is 8.51. The predicted octanol–water partition coefficient (Wildman–Crippen LogP) is 4.01. The zero-order valence-electron chi connectivity index (χ0n) is 17.9. The number of carbonyl (C=O) groups excluding carboxylic acids is 2. The minimum absolute atomic E-state index is 0.00916. The molecule has 0 radical (unpaired) electrons. The molecule has 1 saturated carbocycles. The summed E-state index contributed by atoms with van der Waals surface area (Å²) in [6, 6.07) is 9.60. The van der Waals surface area contributed by atoms with Crippen LogP contribution >= 0.6 is 0 Å². The molecule has 1 fully saturated rings. The van der Waals surface area contributed by atoms with E-state index in [9.17, 15) is 9.59 Å². The molecule has 7 heteroatoms. The summed E-state index contributed by atoms with van der Waals surface area (Å²) in [6.07, 6.45) is 2.27. The second kappa shape index (κ2) is 11.0. The number of methoxy groups -OCH3 is 1. The van der Waals surface area contributed by atoms with Crippen LogP contribution in [0.2, 0.25) is 0 Å². The van der Waals surface area contributed by atoms with Gasteiger partial charge in [0.25, 0.3) is 0 Å². The van der Waals surface area contributed by atoms with E-state index in [-0.39, 0.29) is 24.6 Å². The molecule has 0 aromatic heterocycles. The molecule has 2 amide bonds. The number of alkyl carbamates (subject to hydrolysis) is 2. The molecule has 162 valence electrons. The number of carbonyl (C=O) groups is 2. The Hall–Kier alpha value is -2.28. The van der Waals surface area contributed by atoms with Gasteiger partial charge in [-0.3, -0.25) is 0 Å². The molecule has 1 aromatic rings. The highest BCUT2D eigenvalue weighted by Crippen LogP contribution is 2.28. The number of benzene rings is 1. The number of hydrogen-bond donors (Lipinski definition) is 2. The Labute approximate surface area is 173 Å².